The predicted octanol–water partition coefficient (Wildman–Crippen LogP) is 1.25. The topological polar surface area (TPSA) is 15.6 Å². The van der Waals surface area contributed by atoms with E-state index >= 15 is 0 Å². The van der Waals surface area contributed by atoms with Gasteiger partial charge in [0.2, 0.25) is 0 Å². The summed E-state index contributed by atoms with van der Waals surface area (Å²) in [6, 6.07) is 0. The van der Waals surface area contributed by atoms with E-state index in [0.29, 0.717) is 0 Å². The average Bonchev–Trinajstić information content (AvgIpc) is 1.89. The molecule has 0 aromatic rings. The molecule has 0 N–H and O–H groups in total. The molecule has 0 saturated heterocycles. The third kappa shape index (κ3) is 1.31. The van der Waals surface area contributed by atoms with Crippen LogP contribution in [0.5, 0.6) is 0 Å². The Morgan fingerprint density at radius 3 is 3.00 bits per heavy atom. The smallest absolute Gasteiger partial charge is 0.100 e. The van der Waals surface area contributed by atoms with Gasteiger partial charge in [-0.2, -0.15) is 0 Å². The Balaban J connectivity index is 2.59. The molecule has 1 rings (SSSR count). The van der Waals surface area contributed by atoms with Gasteiger partial charge in [0.05, 0.1) is 6.54 Å². The fraction of sp³-hybridized carbons (Fsp3) is 0.571. The van der Waals surface area contributed by atoms with Crippen LogP contribution in [0.4, 0.5) is 0 Å². The molecule has 9 heavy (non-hydrogen) atoms. The van der Waals surface area contributed by atoms with Gasteiger partial charge in [0.1, 0.15) is 5.84 Å². The van der Waals surface area contributed by atoms with Crippen molar-refractivity contribution in [2.75, 3.05) is 13.1 Å². The first-order valence-corrected chi connectivity index (χ1v) is 3.29. The monoisotopic (exact) mass is 124 g/mol. The lowest BCUT2D eigenvalue weighted by atomic mass is 10.4. The zero-order valence-electron chi connectivity index (χ0n) is 5.96. The van der Waals surface area contributed by atoms with Crippen LogP contribution < -0.4 is 0 Å². The van der Waals surface area contributed by atoms with Crippen molar-refractivity contribution >= 4 is 5.84 Å². The van der Waals surface area contributed by atoms with Gasteiger partial charge in [0.25, 0.3) is 0 Å². The molecule has 0 bridgehead atoms. The number of amidine groups is 1. The highest BCUT2D eigenvalue weighted by atomic mass is 15.2. The van der Waals surface area contributed by atoms with Crippen molar-refractivity contribution in [1.82, 2.24) is 4.90 Å². The van der Waals surface area contributed by atoms with Gasteiger partial charge in [0.15, 0.2) is 0 Å². The number of hydrogen-bond donors (Lipinski definition) is 0. The van der Waals surface area contributed by atoms with Gasteiger partial charge >= 0.3 is 0 Å². The third-order valence-corrected chi connectivity index (χ3v) is 1.47. The van der Waals surface area contributed by atoms with Crippen LogP contribution in [0.25, 0.3) is 0 Å². The van der Waals surface area contributed by atoms with Crippen molar-refractivity contribution in [3.63, 3.8) is 0 Å². The Hall–Kier alpha value is -0.790. The van der Waals surface area contributed by atoms with Crippen LogP contribution in [0, 0.1) is 0 Å². The van der Waals surface area contributed by atoms with Crippen LogP contribution >= 0.6 is 0 Å². The molecule has 0 unspecified atom stereocenters. The van der Waals surface area contributed by atoms with E-state index in [1.807, 2.05) is 6.92 Å². The van der Waals surface area contributed by atoms with E-state index in [1.54, 1.807) is 0 Å². The van der Waals surface area contributed by atoms with Crippen LogP contribution in [0.15, 0.2) is 17.3 Å². The van der Waals surface area contributed by atoms with Crippen LogP contribution in [0.1, 0.15) is 13.8 Å². The van der Waals surface area contributed by atoms with Gasteiger partial charge in [-0.05, 0) is 19.9 Å². The highest BCUT2D eigenvalue weighted by molar-refractivity contribution is 5.81. The highest BCUT2D eigenvalue weighted by Gasteiger charge is 2.00. The number of hydrogen-bond acceptors (Lipinski definition) is 2. The molecule has 0 aliphatic carbocycles. The van der Waals surface area contributed by atoms with Crippen LogP contribution in [0.2, 0.25) is 0 Å². The van der Waals surface area contributed by atoms with Crippen molar-refractivity contribution in [3.8, 4) is 0 Å². The third-order valence-electron chi connectivity index (χ3n) is 1.47. The standard InChI is InChI=1S/C7H12N2/c1-3-9-6-4-5-8-7(9)2/h4,6H,3,5H2,1-2H3. The maximum absolute atomic E-state index is 4.24. The summed E-state index contributed by atoms with van der Waals surface area (Å²) in [5.74, 6) is 1.13. The Kier molecular flexibility index (Phi) is 1.88. The Bertz CT molecular complexity index is 147. The predicted molar refractivity (Wildman–Crippen MR) is 39.5 cm³/mol. The van der Waals surface area contributed by atoms with Gasteiger partial charge in [0, 0.05) is 12.7 Å². The molecule has 0 radical (unpaired) electrons. The molecular weight excluding hydrogens is 112 g/mol. The Labute approximate surface area is 55.9 Å². The van der Waals surface area contributed by atoms with E-state index in [2.05, 4.69) is 29.1 Å². The zero-order chi connectivity index (χ0) is 6.69. The van der Waals surface area contributed by atoms with Crippen molar-refractivity contribution in [2.24, 2.45) is 4.99 Å². The summed E-state index contributed by atoms with van der Waals surface area (Å²) in [5.41, 5.74) is 0. The first kappa shape index (κ1) is 6.33. The molecule has 1 heterocycles. The molecule has 0 fully saturated rings. The van der Waals surface area contributed by atoms with Gasteiger partial charge in [-0.1, -0.05) is 0 Å². The second-order valence-corrected chi connectivity index (χ2v) is 2.06. The fourth-order valence-corrected chi connectivity index (χ4v) is 0.892. The molecule has 1 aliphatic rings. The lowest BCUT2D eigenvalue weighted by Crippen LogP contribution is -2.24. The van der Waals surface area contributed by atoms with E-state index < -0.39 is 0 Å². The van der Waals surface area contributed by atoms with E-state index in [1.165, 1.54) is 0 Å². The molecule has 0 atom stereocenters. The summed E-state index contributed by atoms with van der Waals surface area (Å²) in [6.07, 6.45) is 4.15. The summed E-state index contributed by atoms with van der Waals surface area (Å²) in [7, 11) is 0. The Morgan fingerprint density at radius 2 is 2.56 bits per heavy atom. The molecule has 50 valence electrons. The van der Waals surface area contributed by atoms with Gasteiger partial charge in [-0.15, -0.1) is 0 Å². The van der Waals surface area contributed by atoms with Crippen LogP contribution in [-0.2, 0) is 0 Å². The Morgan fingerprint density at radius 1 is 1.78 bits per heavy atom. The van der Waals surface area contributed by atoms with Crippen molar-refractivity contribution < 1.29 is 0 Å². The molecular formula is C7H12N2. The highest BCUT2D eigenvalue weighted by Crippen LogP contribution is 1.98. The molecule has 0 saturated carbocycles. The van der Waals surface area contributed by atoms with Crippen molar-refractivity contribution in [3.05, 3.63) is 12.3 Å². The SMILES string of the molecule is CCN1C=CCN=C1C. The summed E-state index contributed by atoms with van der Waals surface area (Å²) < 4.78 is 0. The summed E-state index contributed by atoms with van der Waals surface area (Å²) >= 11 is 0. The molecule has 2 heteroatoms. The molecule has 2 nitrogen and oxygen atoms in total. The van der Waals surface area contributed by atoms with Crippen LogP contribution in [0.3, 0.4) is 0 Å². The van der Waals surface area contributed by atoms with Gasteiger partial charge < -0.3 is 4.90 Å². The van der Waals surface area contributed by atoms with Gasteiger partial charge in [-0.3, -0.25) is 4.99 Å². The lowest BCUT2D eigenvalue weighted by Gasteiger charge is -2.19. The molecule has 1 aliphatic heterocycles. The van der Waals surface area contributed by atoms with E-state index in [4.69, 9.17) is 0 Å². The summed E-state index contributed by atoms with van der Waals surface area (Å²) in [6.45, 7) is 6.02. The quantitative estimate of drug-likeness (QED) is 0.513. The van der Waals surface area contributed by atoms with Crippen LogP contribution in [-0.4, -0.2) is 23.8 Å². The zero-order valence-corrected chi connectivity index (χ0v) is 5.96. The normalized spacial score (nSPS) is 18.0. The maximum atomic E-state index is 4.24. The first-order valence-electron chi connectivity index (χ1n) is 3.29. The minimum atomic E-state index is 0.850. The summed E-state index contributed by atoms with van der Waals surface area (Å²) in [5, 5.41) is 0. The largest absolute Gasteiger partial charge is 0.338 e. The maximum Gasteiger partial charge on any atom is 0.100 e. The number of aliphatic imine (C=N–C) groups is 1. The van der Waals surface area contributed by atoms with E-state index in [0.717, 1.165) is 18.9 Å². The first-order chi connectivity index (χ1) is 4.34. The number of nitrogens with zero attached hydrogens (tertiary/aromatic N) is 2. The molecule has 0 aromatic carbocycles. The number of rotatable bonds is 1. The van der Waals surface area contributed by atoms with Crippen molar-refractivity contribution in [2.45, 2.75) is 13.8 Å². The summed E-state index contributed by atoms with van der Waals surface area (Å²) in [4.78, 5) is 6.37. The average molecular weight is 124 g/mol. The second kappa shape index (κ2) is 2.67. The molecule has 0 amide bonds. The minimum Gasteiger partial charge on any atom is -0.338 e. The lowest BCUT2D eigenvalue weighted by molar-refractivity contribution is 0.574. The second-order valence-electron chi connectivity index (χ2n) is 2.06. The molecule has 0 spiro atoms. The fourth-order valence-electron chi connectivity index (χ4n) is 0.892. The van der Waals surface area contributed by atoms with Gasteiger partial charge in [-0.25, -0.2) is 0 Å². The van der Waals surface area contributed by atoms with Crippen molar-refractivity contribution in [1.29, 1.82) is 0 Å². The van der Waals surface area contributed by atoms with E-state index in [-0.39, 0.29) is 0 Å². The minimum absolute atomic E-state index is 0.850. The molecule has 0 aromatic heterocycles. The van der Waals surface area contributed by atoms with E-state index in [9.17, 15) is 0 Å².